The molecule has 1 rings (SSSR count). The van der Waals surface area contributed by atoms with Crippen LogP contribution in [0, 0.1) is 0 Å². The van der Waals surface area contributed by atoms with Crippen LogP contribution in [-0.4, -0.2) is 27.9 Å². The van der Waals surface area contributed by atoms with Crippen molar-refractivity contribution in [3.05, 3.63) is 17.5 Å². The quantitative estimate of drug-likeness (QED) is 0.705. The van der Waals surface area contributed by atoms with E-state index in [1.807, 2.05) is 14.1 Å². The SMILES string of the molecule is CNCc1cnn(C)c1CCC(=O)O. The molecule has 2 N–H and O–H groups in total. The van der Waals surface area contributed by atoms with E-state index in [4.69, 9.17) is 5.11 Å². The third kappa shape index (κ3) is 2.56. The van der Waals surface area contributed by atoms with Gasteiger partial charge in [0, 0.05) is 31.3 Å². The van der Waals surface area contributed by atoms with Crippen LogP contribution in [0.4, 0.5) is 0 Å². The van der Waals surface area contributed by atoms with Gasteiger partial charge in [-0.25, -0.2) is 0 Å². The minimum atomic E-state index is -0.776. The maximum absolute atomic E-state index is 10.4. The molecule has 14 heavy (non-hydrogen) atoms. The minimum absolute atomic E-state index is 0.149. The van der Waals surface area contributed by atoms with Crippen LogP contribution < -0.4 is 5.32 Å². The van der Waals surface area contributed by atoms with E-state index in [0.717, 1.165) is 17.8 Å². The first-order valence-corrected chi connectivity index (χ1v) is 4.51. The zero-order valence-corrected chi connectivity index (χ0v) is 8.45. The van der Waals surface area contributed by atoms with Gasteiger partial charge in [0.1, 0.15) is 0 Å². The van der Waals surface area contributed by atoms with Crippen LogP contribution in [-0.2, 0) is 24.8 Å². The molecule has 0 saturated heterocycles. The van der Waals surface area contributed by atoms with E-state index in [-0.39, 0.29) is 6.42 Å². The number of hydrogen-bond acceptors (Lipinski definition) is 3. The van der Waals surface area contributed by atoms with Crippen molar-refractivity contribution in [1.82, 2.24) is 15.1 Å². The molecule has 0 amide bonds. The van der Waals surface area contributed by atoms with Crippen LogP contribution in [0.5, 0.6) is 0 Å². The van der Waals surface area contributed by atoms with E-state index in [1.165, 1.54) is 0 Å². The van der Waals surface area contributed by atoms with Gasteiger partial charge in [-0.05, 0) is 7.05 Å². The molecule has 0 aliphatic heterocycles. The smallest absolute Gasteiger partial charge is 0.303 e. The molecule has 0 bridgehead atoms. The molecule has 0 aromatic carbocycles. The summed E-state index contributed by atoms with van der Waals surface area (Å²) in [6, 6.07) is 0. The summed E-state index contributed by atoms with van der Waals surface area (Å²) in [6.07, 6.45) is 2.45. The molecule has 0 saturated carbocycles. The molecule has 1 aromatic heterocycles. The summed E-state index contributed by atoms with van der Waals surface area (Å²) in [5, 5.41) is 15.7. The van der Waals surface area contributed by atoms with Gasteiger partial charge < -0.3 is 10.4 Å². The number of nitrogens with zero attached hydrogens (tertiary/aromatic N) is 2. The van der Waals surface area contributed by atoms with Crippen molar-refractivity contribution >= 4 is 5.97 Å². The summed E-state index contributed by atoms with van der Waals surface area (Å²) in [5.74, 6) is -0.776. The van der Waals surface area contributed by atoms with Crippen molar-refractivity contribution in [3.63, 3.8) is 0 Å². The second kappa shape index (κ2) is 4.76. The summed E-state index contributed by atoms with van der Waals surface area (Å²) in [7, 11) is 3.68. The van der Waals surface area contributed by atoms with Crippen molar-refractivity contribution in [2.75, 3.05) is 7.05 Å². The molecule has 0 radical (unpaired) electrons. The van der Waals surface area contributed by atoms with Crippen molar-refractivity contribution < 1.29 is 9.90 Å². The van der Waals surface area contributed by atoms with Gasteiger partial charge in [-0.2, -0.15) is 5.10 Å². The molecule has 5 heteroatoms. The molecule has 0 aliphatic rings. The number of rotatable bonds is 5. The number of aromatic nitrogens is 2. The Labute approximate surface area is 82.7 Å². The lowest BCUT2D eigenvalue weighted by molar-refractivity contribution is -0.136. The fraction of sp³-hybridized carbons (Fsp3) is 0.556. The second-order valence-corrected chi connectivity index (χ2v) is 3.16. The standard InChI is InChI=1S/C9H15N3O2/c1-10-5-7-6-11-12(2)8(7)3-4-9(13)14/h6,10H,3-5H2,1-2H3,(H,13,14). The van der Waals surface area contributed by atoms with Crippen LogP contribution >= 0.6 is 0 Å². The Morgan fingerprint density at radius 3 is 3.00 bits per heavy atom. The first-order chi connectivity index (χ1) is 6.65. The van der Waals surface area contributed by atoms with Gasteiger partial charge in [0.2, 0.25) is 0 Å². The van der Waals surface area contributed by atoms with Crippen LogP contribution in [0.3, 0.4) is 0 Å². The molecule has 0 fully saturated rings. The predicted molar refractivity (Wildman–Crippen MR) is 51.9 cm³/mol. The average molecular weight is 197 g/mol. The Balaban J connectivity index is 2.71. The summed E-state index contributed by atoms with van der Waals surface area (Å²) < 4.78 is 1.73. The van der Waals surface area contributed by atoms with Crippen LogP contribution in [0.15, 0.2) is 6.20 Å². The van der Waals surface area contributed by atoms with E-state index in [9.17, 15) is 4.79 Å². The summed E-state index contributed by atoms with van der Waals surface area (Å²) in [6.45, 7) is 0.725. The number of carboxylic acid groups (broad SMARTS) is 1. The molecular weight excluding hydrogens is 182 g/mol. The summed E-state index contributed by atoms with van der Waals surface area (Å²) >= 11 is 0. The monoisotopic (exact) mass is 197 g/mol. The highest BCUT2D eigenvalue weighted by Gasteiger charge is 2.09. The summed E-state index contributed by atoms with van der Waals surface area (Å²) in [4.78, 5) is 10.4. The highest BCUT2D eigenvalue weighted by atomic mass is 16.4. The lowest BCUT2D eigenvalue weighted by Crippen LogP contribution is -2.09. The van der Waals surface area contributed by atoms with Crippen molar-refractivity contribution in [3.8, 4) is 0 Å². The Bertz CT molecular complexity index is 320. The molecular formula is C9H15N3O2. The maximum atomic E-state index is 10.4. The zero-order chi connectivity index (χ0) is 10.6. The van der Waals surface area contributed by atoms with E-state index in [1.54, 1.807) is 10.9 Å². The molecule has 0 spiro atoms. The Morgan fingerprint density at radius 1 is 1.71 bits per heavy atom. The van der Waals surface area contributed by atoms with E-state index in [2.05, 4.69) is 10.4 Å². The van der Waals surface area contributed by atoms with Gasteiger partial charge in [-0.3, -0.25) is 9.48 Å². The van der Waals surface area contributed by atoms with Gasteiger partial charge >= 0.3 is 5.97 Å². The van der Waals surface area contributed by atoms with E-state index >= 15 is 0 Å². The van der Waals surface area contributed by atoms with Crippen LogP contribution in [0.2, 0.25) is 0 Å². The molecule has 5 nitrogen and oxygen atoms in total. The molecule has 0 atom stereocenters. The van der Waals surface area contributed by atoms with E-state index < -0.39 is 5.97 Å². The number of carbonyl (C=O) groups is 1. The van der Waals surface area contributed by atoms with E-state index in [0.29, 0.717) is 6.42 Å². The zero-order valence-electron chi connectivity index (χ0n) is 8.45. The van der Waals surface area contributed by atoms with Gasteiger partial charge in [0.25, 0.3) is 0 Å². The maximum Gasteiger partial charge on any atom is 0.303 e. The highest BCUT2D eigenvalue weighted by molar-refractivity contribution is 5.67. The van der Waals surface area contributed by atoms with Gasteiger partial charge in [0.15, 0.2) is 0 Å². The fourth-order valence-corrected chi connectivity index (χ4v) is 1.39. The number of carboxylic acids is 1. The number of aliphatic carboxylic acids is 1. The highest BCUT2D eigenvalue weighted by Crippen LogP contribution is 2.09. The number of aryl methyl sites for hydroxylation is 1. The molecule has 78 valence electrons. The first kappa shape index (κ1) is 10.7. The summed E-state index contributed by atoms with van der Waals surface area (Å²) in [5.41, 5.74) is 2.05. The lowest BCUT2D eigenvalue weighted by Gasteiger charge is -2.03. The lowest BCUT2D eigenvalue weighted by atomic mass is 10.1. The van der Waals surface area contributed by atoms with Gasteiger partial charge in [-0.15, -0.1) is 0 Å². The van der Waals surface area contributed by atoms with Crippen molar-refractivity contribution in [1.29, 1.82) is 0 Å². The predicted octanol–water partition coefficient (Wildman–Crippen LogP) is 0.157. The number of nitrogens with one attached hydrogen (secondary N) is 1. The van der Waals surface area contributed by atoms with Crippen molar-refractivity contribution in [2.24, 2.45) is 7.05 Å². The Hall–Kier alpha value is -1.36. The van der Waals surface area contributed by atoms with Gasteiger partial charge in [-0.1, -0.05) is 0 Å². The third-order valence-corrected chi connectivity index (χ3v) is 2.09. The first-order valence-electron chi connectivity index (χ1n) is 4.51. The van der Waals surface area contributed by atoms with Gasteiger partial charge in [0.05, 0.1) is 12.6 Å². The number of hydrogen-bond donors (Lipinski definition) is 2. The minimum Gasteiger partial charge on any atom is -0.481 e. The Kier molecular flexibility index (Phi) is 3.64. The Morgan fingerprint density at radius 2 is 2.43 bits per heavy atom. The normalized spacial score (nSPS) is 10.4. The average Bonchev–Trinajstić information content (AvgIpc) is 2.45. The molecule has 1 heterocycles. The topological polar surface area (TPSA) is 67.2 Å². The molecule has 1 aromatic rings. The third-order valence-electron chi connectivity index (χ3n) is 2.09. The second-order valence-electron chi connectivity index (χ2n) is 3.16. The fourth-order valence-electron chi connectivity index (χ4n) is 1.39. The van der Waals surface area contributed by atoms with Crippen LogP contribution in [0.1, 0.15) is 17.7 Å². The van der Waals surface area contributed by atoms with Crippen LogP contribution in [0.25, 0.3) is 0 Å². The molecule has 0 unspecified atom stereocenters. The molecule has 0 aliphatic carbocycles. The largest absolute Gasteiger partial charge is 0.481 e. The van der Waals surface area contributed by atoms with Crippen molar-refractivity contribution in [2.45, 2.75) is 19.4 Å².